The van der Waals surface area contributed by atoms with Gasteiger partial charge >= 0.3 is 0 Å². The molecule has 0 aliphatic carbocycles. The van der Waals surface area contributed by atoms with Crippen molar-refractivity contribution < 1.29 is 4.39 Å². The maximum absolute atomic E-state index is 13.8. The van der Waals surface area contributed by atoms with Crippen LogP contribution < -0.4 is 10.2 Å². The normalized spacial score (nSPS) is 11.2. The lowest BCUT2D eigenvalue weighted by molar-refractivity contribution is 0.485. The maximum Gasteiger partial charge on any atom is 0.162 e. The molecule has 0 aliphatic heterocycles. The number of nitrogens with one attached hydrogen (secondary N) is 1. The Hall–Kier alpha value is -3.02. The summed E-state index contributed by atoms with van der Waals surface area (Å²) >= 11 is 6.44. The summed E-state index contributed by atoms with van der Waals surface area (Å²) in [4.78, 5) is 12.0. The van der Waals surface area contributed by atoms with Crippen molar-refractivity contribution in [2.45, 2.75) is 20.0 Å². The number of fused-ring (bicyclic) bond motifs is 1. The Bertz CT molecular complexity index is 1270. The van der Waals surface area contributed by atoms with Crippen LogP contribution in [0.3, 0.4) is 0 Å². The van der Waals surface area contributed by atoms with E-state index in [4.69, 9.17) is 21.6 Å². The standard InChI is InChI=1S/C27H28ClFN4/c1-18-8-6-10-23-25(18)31-26(32-27(23)33(3)13-7-12-30-2)21-15-19(17-29)14-20(16-21)22-9-4-5-11-24(22)28/h4-6,8-11,14-16,30H,7,12-13,17H2,1-3H3. The summed E-state index contributed by atoms with van der Waals surface area (Å²) in [6.45, 7) is 3.26. The van der Waals surface area contributed by atoms with Gasteiger partial charge < -0.3 is 10.2 Å². The van der Waals surface area contributed by atoms with Gasteiger partial charge in [-0.05, 0) is 74.0 Å². The Balaban J connectivity index is 1.88. The molecule has 170 valence electrons. The van der Waals surface area contributed by atoms with E-state index in [9.17, 15) is 4.39 Å². The molecule has 1 aromatic heterocycles. The Kier molecular flexibility index (Phi) is 7.21. The number of aryl methyl sites for hydroxylation is 1. The van der Waals surface area contributed by atoms with E-state index in [0.29, 0.717) is 16.4 Å². The van der Waals surface area contributed by atoms with Crippen molar-refractivity contribution in [1.29, 1.82) is 0 Å². The van der Waals surface area contributed by atoms with Crippen LogP contribution >= 0.6 is 11.6 Å². The molecule has 0 radical (unpaired) electrons. The quantitative estimate of drug-likeness (QED) is 0.306. The second-order valence-electron chi connectivity index (χ2n) is 8.25. The van der Waals surface area contributed by atoms with E-state index in [0.717, 1.165) is 58.5 Å². The molecule has 33 heavy (non-hydrogen) atoms. The molecule has 0 saturated carbocycles. The summed E-state index contributed by atoms with van der Waals surface area (Å²) in [6, 6.07) is 19.4. The highest BCUT2D eigenvalue weighted by atomic mass is 35.5. The average Bonchev–Trinajstić information content (AvgIpc) is 2.83. The van der Waals surface area contributed by atoms with Crippen molar-refractivity contribution in [3.05, 3.63) is 76.8 Å². The summed E-state index contributed by atoms with van der Waals surface area (Å²) in [5.74, 6) is 1.45. The van der Waals surface area contributed by atoms with Gasteiger partial charge in [-0.25, -0.2) is 14.4 Å². The Morgan fingerprint density at radius 1 is 1.00 bits per heavy atom. The van der Waals surface area contributed by atoms with Crippen LogP contribution in [-0.2, 0) is 6.67 Å². The number of benzene rings is 3. The molecule has 3 aromatic carbocycles. The fourth-order valence-electron chi connectivity index (χ4n) is 4.05. The fourth-order valence-corrected chi connectivity index (χ4v) is 4.29. The third-order valence-corrected chi connectivity index (χ3v) is 6.11. The average molecular weight is 463 g/mol. The van der Waals surface area contributed by atoms with Crippen molar-refractivity contribution in [3.63, 3.8) is 0 Å². The van der Waals surface area contributed by atoms with Gasteiger partial charge in [-0.2, -0.15) is 0 Å². The lowest BCUT2D eigenvalue weighted by Crippen LogP contribution is -2.23. The van der Waals surface area contributed by atoms with E-state index in [1.165, 1.54) is 0 Å². The number of anilines is 1. The van der Waals surface area contributed by atoms with E-state index in [1.807, 2.05) is 55.6 Å². The largest absolute Gasteiger partial charge is 0.359 e. The smallest absolute Gasteiger partial charge is 0.162 e. The first kappa shape index (κ1) is 23.1. The molecular weight excluding hydrogens is 435 g/mol. The Morgan fingerprint density at radius 3 is 2.55 bits per heavy atom. The predicted octanol–water partition coefficient (Wildman–Crippen LogP) is 6.44. The Labute approximate surface area is 199 Å². The van der Waals surface area contributed by atoms with Crippen molar-refractivity contribution in [2.24, 2.45) is 0 Å². The minimum Gasteiger partial charge on any atom is -0.359 e. The number of halogens is 2. The molecule has 0 unspecified atom stereocenters. The van der Waals surface area contributed by atoms with Gasteiger partial charge in [-0.1, -0.05) is 41.9 Å². The third-order valence-electron chi connectivity index (χ3n) is 5.78. The topological polar surface area (TPSA) is 41.0 Å². The monoisotopic (exact) mass is 462 g/mol. The molecule has 0 spiro atoms. The fraction of sp³-hybridized carbons (Fsp3) is 0.259. The summed E-state index contributed by atoms with van der Waals surface area (Å²) < 4.78 is 13.8. The number of hydrogen-bond donors (Lipinski definition) is 1. The SMILES string of the molecule is CNCCCN(C)c1nc(-c2cc(CF)cc(-c3ccccc3Cl)c2)nc2c(C)cccc12. The molecule has 1 N–H and O–H groups in total. The maximum atomic E-state index is 13.8. The molecule has 4 aromatic rings. The van der Waals surface area contributed by atoms with Gasteiger partial charge in [0, 0.05) is 35.1 Å². The van der Waals surface area contributed by atoms with Gasteiger partial charge in [0.1, 0.15) is 12.5 Å². The zero-order valence-electron chi connectivity index (χ0n) is 19.2. The third kappa shape index (κ3) is 5.00. The van der Waals surface area contributed by atoms with Crippen LogP contribution in [0.25, 0.3) is 33.4 Å². The number of aromatic nitrogens is 2. The second-order valence-corrected chi connectivity index (χ2v) is 8.66. The molecule has 0 amide bonds. The molecule has 0 aliphatic rings. The lowest BCUT2D eigenvalue weighted by Gasteiger charge is -2.21. The van der Waals surface area contributed by atoms with E-state index >= 15 is 0 Å². The number of hydrogen-bond acceptors (Lipinski definition) is 4. The number of para-hydroxylation sites is 1. The van der Waals surface area contributed by atoms with Crippen molar-refractivity contribution >= 4 is 28.3 Å². The first-order valence-corrected chi connectivity index (χ1v) is 11.5. The molecule has 0 saturated heterocycles. The zero-order chi connectivity index (χ0) is 23.4. The second kappa shape index (κ2) is 10.3. The van der Waals surface area contributed by atoms with Gasteiger partial charge in [0.05, 0.1) is 5.52 Å². The molecule has 4 rings (SSSR count). The molecule has 0 fully saturated rings. The highest BCUT2D eigenvalue weighted by molar-refractivity contribution is 6.33. The zero-order valence-corrected chi connectivity index (χ0v) is 20.0. The summed E-state index contributed by atoms with van der Waals surface area (Å²) in [7, 11) is 4.01. The summed E-state index contributed by atoms with van der Waals surface area (Å²) in [5, 5.41) is 4.83. The van der Waals surface area contributed by atoms with Crippen molar-refractivity contribution in [1.82, 2.24) is 15.3 Å². The summed E-state index contributed by atoms with van der Waals surface area (Å²) in [5.41, 5.74) is 5.03. The molecule has 4 nitrogen and oxygen atoms in total. The molecule has 1 heterocycles. The van der Waals surface area contributed by atoms with Crippen molar-refractivity contribution in [3.8, 4) is 22.5 Å². The van der Waals surface area contributed by atoms with Gasteiger partial charge in [-0.3, -0.25) is 0 Å². The molecule has 6 heteroatoms. The molecular formula is C27H28ClFN4. The highest BCUT2D eigenvalue weighted by Gasteiger charge is 2.16. The number of alkyl halides is 1. The molecule has 0 bridgehead atoms. The first-order chi connectivity index (χ1) is 16.0. The lowest BCUT2D eigenvalue weighted by atomic mass is 9.99. The van der Waals surface area contributed by atoms with E-state index < -0.39 is 6.67 Å². The van der Waals surface area contributed by atoms with Crippen LogP contribution in [0.2, 0.25) is 5.02 Å². The summed E-state index contributed by atoms with van der Waals surface area (Å²) in [6.07, 6.45) is 0.994. The predicted molar refractivity (Wildman–Crippen MR) is 137 cm³/mol. The van der Waals surface area contributed by atoms with Crippen LogP contribution in [0.15, 0.2) is 60.7 Å². The number of rotatable bonds is 8. The van der Waals surface area contributed by atoms with Gasteiger partial charge in [0.15, 0.2) is 5.82 Å². The minimum absolute atomic E-state index is 0.569. The molecule has 0 atom stereocenters. The highest BCUT2D eigenvalue weighted by Crippen LogP contribution is 2.34. The van der Waals surface area contributed by atoms with Gasteiger partial charge in [0.2, 0.25) is 0 Å². The van der Waals surface area contributed by atoms with E-state index in [-0.39, 0.29) is 0 Å². The first-order valence-electron chi connectivity index (χ1n) is 11.1. The van der Waals surface area contributed by atoms with E-state index in [2.05, 4.69) is 36.3 Å². The van der Waals surface area contributed by atoms with E-state index in [1.54, 1.807) is 0 Å². The Morgan fingerprint density at radius 2 is 1.79 bits per heavy atom. The van der Waals surface area contributed by atoms with Crippen LogP contribution in [0.5, 0.6) is 0 Å². The van der Waals surface area contributed by atoms with Gasteiger partial charge in [0.25, 0.3) is 0 Å². The van der Waals surface area contributed by atoms with Crippen LogP contribution in [-0.4, -0.2) is 37.2 Å². The van der Waals surface area contributed by atoms with Crippen LogP contribution in [0.1, 0.15) is 17.5 Å². The number of nitrogens with zero attached hydrogens (tertiary/aromatic N) is 3. The van der Waals surface area contributed by atoms with Crippen LogP contribution in [0, 0.1) is 6.92 Å². The van der Waals surface area contributed by atoms with Crippen LogP contribution in [0.4, 0.5) is 10.2 Å². The van der Waals surface area contributed by atoms with Crippen molar-refractivity contribution in [2.75, 3.05) is 32.1 Å². The minimum atomic E-state index is -0.575. The van der Waals surface area contributed by atoms with Gasteiger partial charge in [-0.15, -0.1) is 0 Å².